The molecule has 0 aliphatic rings. The van der Waals surface area contributed by atoms with Gasteiger partial charge in [0.05, 0.1) is 0 Å². The Kier molecular flexibility index (Phi) is 4.57. The Hall–Kier alpha value is -2.20. The molecular weight excluding hydrogens is 342 g/mol. The van der Waals surface area contributed by atoms with Crippen LogP contribution in [0.25, 0.3) is 11.8 Å². The van der Waals surface area contributed by atoms with Gasteiger partial charge in [0.2, 0.25) is 0 Å². The van der Waals surface area contributed by atoms with Crippen molar-refractivity contribution in [1.29, 1.82) is 0 Å². The summed E-state index contributed by atoms with van der Waals surface area (Å²) < 4.78 is 63.9. The molecule has 0 bridgehead atoms. The van der Waals surface area contributed by atoms with Crippen molar-refractivity contribution in [2.45, 2.75) is 9.79 Å². The Morgan fingerprint density at radius 1 is 0.826 bits per heavy atom. The Bertz CT molecular complexity index is 978. The smallest absolute Gasteiger partial charge is 0.295 e. The molecule has 0 fully saturated rings. The summed E-state index contributed by atoms with van der Waals surface area (Å²) in [5.41, 5.74) is 5.85. The van der Waals surface area contributed by atoms with E-state index in [-0.39, 0.29) is 21.7 Å². The normalized spacial score (nSPS) is 13.0. The lowest BCUT2D eigenvalue weighted by molar-refractivity contribution is 0.480. The summed E-state index contributed by atoms with van der Waals surface area (Å²) in [5.74, 6) is 0. The van der Waals surface area contributed by atoms with E-state index in [1.165, 1.54) is 54.6 Å². The second kappa shape index (κ2) is 6.13. The van der Waals surface area contributed by atoms with E-state index in [1.54, 1.807) is 0 Å². The lowest BCUT2D eigenvalue weighted by Crippen LogP contribution is -2.07. The van der Waals surface area contributed by atoms with E-state index < -0.39 is 25.1 Å². The third kappa shape index (κ3) is 3.96. The monoisotopic (exact) mass is 355 g/mol. The van der Waals surface area contributed by atoms with Crippen LogP contribution in [0.5, 0.6) is 0 Å². The highest BCUT2D eigenvalue weighted by atomic mass is 32.2. The third-order valence-corrected chi connectivity index (χ3v) is 4.82. The first-order valence-corrected chi connectivity index (χ1v) is 9.09. The van der Waals surface area contributed by atoms with Gasteiger partial charge in [-0.05, 0) is 23.8 Å². The zero-order chi connectivity index (χ0) is 17.3. The molecule has 2 aromatic carbocycles. The van der Waals surface area contributed by atoms with Crippen LogP contribution in [0.2, 0.25) is 0 Å². The van der Waals surface area contributed by atoms with Crippen molar-refractivity contribution >= 4 is 32.0 Å². The summed E-state index contributed by atoms with van der Waals surface area (Å²) in [7, 11) is -8.97. The fourth-order valence-electron chi connectivity index (χ4n) is 2.01. The molecule has 9 heteroatoms. The average Bonchev–Trinajstić information content (AvgIpc) is 2.46. The van der Waals surface area contributed by atoms with Crippen molar-refractivity contribution in [1.82, 2.24) is 0 Å². The second-order valence-corrected chi connectivity index (χ2v) is 7.36. The van der Waals surface area contributed by atoms with Crippen LogP contribution in [-0.4, -0.2) is 25.9 Å². The highest BCUT2D eigenvalue weighted by Crippen LogP contribution is 2.24. The van der Waals surface area contributed by atoms with Gasteiger partial charge in [0.25, 0.3) is 20.2 Å². The standard InChI is InChI=1S/C14H13NO6S2/c15-12(11-6-2-4-8-14(11)23(19,20)21)9-10-5-1-3-7-13(10)22(16,17)18/h1-9H,15H2,(H,16,17,18)(H,19,20,21). The summed E-state index contributed by atoms with van der Waals surface area (Å²) in [6.07, 6.45) is 1.20. The number of hydrogen-bond acceptors (Lipinski definition) is 5. The minimum Gasteiger partial charge on any atom is -0.398 e. The first-order chi connectivity index (χ1) is 10.6. The van der Waals surface area contributed by atoms with Gasteiger partial charge in [0, 0.05) is 11.3 Å². The predicted octanol–water partition coefficient (Wildman–Crippen LogP) is 1.64. The summed E-state index contributed by atoms with van der Waals surface area (Å²) >= 11 is 0. The molecule has 4 N–H and O–H groups in total. The number of rotatable bonds is 4. The van der Waals surface area contributed by atoms with E-state index >= 15 is 0 Å². The van der Waals surface area contributed by atoms with E-state index in [1.807, 2.05) is 0 Å². The third-order valence-electron chi connectivity index (χ3n) is 2.98. The zero-order valence-corrected chi connectivity index (χ0v) is 13.3. The molecule has 23 heavy (non-hydrogen) atoms. The maximum absolute atomic E-state index is 11.4. The van der Waals surface area contributed by atoms with Gasteiger partial charge in [-0.2, -0.15) is 16.8 Å². The fraction of sp³-hybridized carbons (Fsp3) is 0. The lowest BCUT2D eigenvalue weighted by atomic mass is 10.1. The summed E-state index contributed by atoms with van der Waals surface area (Å²) in [4.78, 5) is -0.773. The number of benzene rings is 2. The molecule has 0 unspecified atom stereocenters. The zero-order valence-electron chi connectivity index (χ0n) is 11.6. The Morgan fingerprint density at radius 3 is 1.87 bits per heavy atom. The van der Waals surface area contributed by atoms with Gasteiger partial charge < -0.3 is 5.73 Å². The summed E-state index contributed by atoms with van der Waals surface area (Å²) in [5, 5.41) is 0. The van der Waals surface area contributed by atoms with E-state index in [9.17, 15) is 25.9 Å². The molecule has 0 saturated heterocycles. The quantitative estimate of drug-likeness (QED) is 0.560. The molecule has 0 heterocycles. The second-order valence-electron chi connectivity index (χ2n) is 4.58. The SMILES string of the molecule is NC(=Cc1ccccc1S(=O)(=O)O)c1ccccc1S(=O)(=O)O. The molecule has 0 aliphatic heterocycles. The Morgan fingerprint density at radius 2 is 1.30 bits per heavy atom. The van der Waals surface area contributed by atoms with Crippen molar-refractivity contribution in [2.75, 3.05) is 0 Å². The first kappa shape index (κ1) is 17.2. The highest BCUT2D eigenvalue weighted by molar-refractivity contribution is 7.86. The number of hydrogen-bond donors (Lipinski definition) is 3. The molecule has 0 radical (unpaired) electrons. The molecular formula is C14H13NO6S2. The van der Waals surface area contributed by atoms with Crippen LogP contribution in [0.15, 0.2) is 58.3 Å². The molecule has 0 amide bonds. The Labute approximate surface area is 133 Å². The van der Waals surface area contributed by atoms with Crippen LogP contribution in [0.4, 0.5) is 0 Å². The van der Waals surface area contributed by atoms with Crippen molar-refractivity contribution in [3.63, 3.8) is 0 Å². The van der Waals surface area contributed by atoms with Gasteiger partial charge >= 0.3 is 0 Å². The molecule has 0 saturated carbocycles. The van der Waals surface area contributed by atoms with Crippen molar-refractivity contribution in [3.05, 3.63) is 59.7 Å². The van der Waals surface area contributed by atoms with Crippen LogP contribution in [0, 0.1) is 0 Å². The maximum Gasteiger partial charge on any atom is 0.295 e. The molecule has 0 atom stereocenters. The minimum atomic E-state index is -4.50. The van der Waals surface area contributed by atoms with Crippen LogP contribution >= 0.6 is 0 Å². The van der Waals surface area contributed by atoms with Gasteiger partial charge in [-0.1, -0.05) is 36.4 Å². The molecule has 7 nitrogen and oxygen atoms in total. The van der Waals surface area contributed by atoms with Crippen molar-refractivity contribution in [3.8, 4) is 0 Å². The van der Waals surface area contributed by atoms with E-state index in [0.717, 1.165) is 0 Å². The van der Waals surface area contributed by atoms with Gasteiger partial charge in [-0.15, -0.1) is 0 Å². The van der Waals surface area contributed by atoms with E-state index in [0.29, 0.717) is 0 Å². The van der Waals surface area contributed by atoms with Crippen LogP contribution < -0.4 is 5.73 Å². The predicted molar refractivity (Wildman–Crippen MR) is 84.6 cm³/mol. The molecule has 0 spiro atoms. The Balaban J connectivity index is 2.65. The molecule has 0 aromatic heterocycles. The van der Waals surface area contributed by atoms with Gasteiger partial charge in [0.15, 0.2) is 0 Å². The fourth-order valence-corrected chi connectivity index (χ4v) is 3.40. The molecule has 0 aliphatic carbocycles. The summed E-state index contributed by atoms with van der Waals surface area (Å²) in [6, 6.07) is 11.0. The minimum absolute atomic E-state index is 0.0140. The molecule has 2 aromatic rings. The van der Waals surface area contributed by atoms with Crippen molar-refractivity contribution < 1.29 is 25.9 Å². The van der Waals surface area contributed by atoms with Gasteiger partial charge in [-0.25, -0.2) is 0 Å². The van der Waals surface area contributed by atoms with Crippen LogP contribution in [-0.2, 0) is 20.2 Å². The lowest BCUT2D eigenvalue weighted by Gasteiger charge is -2.08. The van der Waals surface area contributed by atoms with E-state index in [2.05, 4.69) is 0 Å². The van der Waals surface area contributed by atoms with Gasteiger partial charge in [-0.3, -0.25) is 9.11 Å². The topological polar surface area (TPSA) is 135 Å². The van der Waals surface area contributed by atoms with E-state index in [4.69, 9.17) is 5.73 Å². The highest BCUT2D eigenvalue weighted by Gasteiger charge is 2.18. The van der Waals surface area contributed by atoms with Crippen molar-refractivity contribution in [2.24, 2.45) is 5.73 Å². The van der Waals surface area contributed by atoms with Crippen LogP contribution in [0.1, 0.15) is 11.1 Å². The summed E-state index contributed by atoms with van der Waals surface area (Å²) in [6.45, 7) is 0. The molecule has 2 rings (SSSR count). The van der Waals surface area contributed by atoms with Gasteiger partial charge in [0.1, 0.15) is 9.79 Å². The molecule has 122 valence electrons. The largest absolute Gasteiger partial charge is 0.398 e. The number of nitrogens with two attached hydrogens (primary N) is 1. The average molecular weight is 355 g/mol. The van der Waals surface area contributed by atoms with Crippen LogP contribution in [0.3, 0.4) is 0 Å². The first-order valence-electron chi connectivity index (χ1n) is 6.21. The maximum atomic E-state index is 11.4.